The van der Waals surface area contributed by atoms with Crippen LogP contribution in [0.4, 0.5) is 0 Å². The third-order valence-corrected chi connectivity index (χ3v) is 3.02. The molecule has 116 valence electrons. The fourth-order valence-electron chi connectivity index (χ4n) is 1.71. The molecule has 21 heavy (non-hydrogen) atoms. The van der Waals surface area contributed by atoms with Gasteiger partial charge in [-0.1, -0.05) is 0 Å². The number of amides is 1. The first-order chi connectivity index (χ1) is 9.75. The molecular weight excluding hydrogens is 280 g/mol. The lowest BCUT2D eigenvalue weighted by atomic mass is 9.96. The molecular formula is C13H18N2O6. The fraction of sp³-hybridized carbons (Fsp3) is 0.462. The van der Waals surface area contributed by atoms with Gasteiger partial charge in [0, 0.05) is 18.2 Å². The van der Waals surface area contributed by atoms with Gasteiger partial charge in [-0.15, -0.1) is 0 Å². The van der Waals surface area contributed by atoms with E-state index < -0.39 is 41.1 Å². The highest BCUT2D eigenvalue weighted by molar-refractivity contribution is 6.20. The van der Waals surface area contributed by atoms with Crippen molar-refractivity contribution in [3.8, 4) is 0 Å². The van der Waals surface area contributed by atoms with Crippen molar-refractivity contribution in [3.05, 3.63) is 23.2 Å². The molecule has 1 aliphatic rings. The number of rotatable bonds is 6. The summed E-state index contributed by atoms with van der Waals surface area (Å²) in [7, 11) is 0. The summed E-state index contributed by atoms with van der Waals surface area (Å²) in [5.74, 6) is -3.59. The van der Waals surface area contributed by atoms with Gasteiger partial charge in [-0.2, -0.15) is 0 Å². The molecule has 0 aromatic heterocycles. The predicted molar refractivity (Wildman–Crippen MR) is 72.3 cm³/mol. The first-order valence-electron chi connectivity index (χ1n) is 6.38. The van der Waals surface area contributed by atoms with Gasteiger partial charge < -0.3 is 26.4 Å². The van der Waals surface area contributed by atoms with Gasteiger partial charge in [0.25, 0.3) is 0 Å². The van der Waals surface area contributed by atoms with Crippen molar-refractivity contribution < 1.29 is 29.7 Å². The second-order valence-corrected chi connectivity index (χ2v) is 4.71. The summed E-state index contributed by atoms with van der Waals surface area (Å²) in [4.78, 5) is 34.3. The first-order valence-corrected chi connectivity index (χ1v) is 6.38. The fourth-order valence-corrected chi connectivity index (χ4v) is 1.71. The molecule has 8 heteroatoms. The van der Waals surface area contributed by atoms with Crippen LogP contribution in [0.15, 0.2) is 23.2 Å². The van der Waals surface area contributed by atoms with Crippen LogP contribution >= 0.6 is 0 Å². The highest BCUT2D eigenvalue weighted by Gasteiger charge is 2.27. The molecule has 6 N–H and O–H groups in total. The van der Waals surface area contributed by atoms with E-state index in [1.165, 1.54) is 6.92 Å². The third-order valence-electron chi connectivity index (χ3n) is 3.02. The van der Waals surface area contributed by atoms with Crippen LogP contribution in [0.1, 0.15) is 19.8 Å². The van der Waals surface area contributed by atoms with Crippen molar-refractivity contribution in [3.63, 3.8) is 0 Å². The van der Waals surface area contributed by atoms with E-state index in [2.05, 4.69) is 5.32 Å². The lowest BCUT2D eigenvalue weighted by molar-refractivity contribution is -0.124. The van der Waals surface area contributed by atoms with Crippen molar-refractivity contribution in [1.82, 2.24) is 5.32 Å². The number of carbonyl (C=O) groups excluding carboxylic acids is 3. The second kappa shape index (κ2) is 7.00. The summed E-state index contributed by atoms with van der Waals surface area (Å²) in [5.41, 5.74) is 5.23. The van der Waals surface area contributed by atoms with E-state index in [0.29, 0.717) is 6.08 Å². The number of aliphatic hydroxyl groups is 3. The summed E-state index contributed by atoms with van der Waals surface area (Å²) < 4.78 is 0. The Labute approximate surface area is 120 Å². The smallest absolute Gasteiger partial charge is 0.239 e. The number of Topliss-reactive ketones (excluding diaryl/α,β-unsaturated/α-hetero) is 1. The van der Waals surface area contributed by atoms with Gasteiger partial charge in [-0.3, -0.25) is 14.4 Å². The highest BCUT2D eigenvalue weighted by atomic mass is 16.3. The second-order valence-electron chi connectivity index (χ2n) is 4.71. The van der Waals surface area contributed by atoms with Crippen LogP contribution in [0, 0.1) is 0 Å². The van der Waals surface area contributed by atoms with Crippen LogP contribution in [0.2, 0.25) is 0 Å². The van der Waals surface area contributed by atoms with E-state index in [1.54, 1.807) is 0 Å². The van der Waals surface area contributed by atoms with E-state index in [1.807, 2.05) is 0 Å². The standard InChI is InChI=1S/C13H18N2O6/c1-6(16)10(14)13(21)15-4-2-3-7-11(19)8(17)5-9(18)12(7)20/h5-6,10,16-17,20H,2-4,14H2,1H3,(H,15,21)/t6-,10+/m1/s1. The molecule has 0 unspecified atom stereocenters. The number of carbonyl (C=O) groups is 3. The van der Waals surface area contributed by atoms with Crippen LogP contribution in [0.5, 0.6) is 0 Å². The van der Waals surface area contributed by atoms with Crippen LogP contribution in [0.25, 0.3) is 0 Å². The number of nitrogens with two attached hydrogens (primary N) is 1. The zero-order valence-corrected chi connectivity index (χ0v) is 11.5. The van der Waals surface area contributed by atoms with E-state index in [4.69, 9.17) is 10.8 Å². The lowest BCUT2D eigenvalue weighted by Crippen LogP contribution is -2.47. The molecule has 1 rings (SSSR count). The van der Waals surface area contributed by atoms with E-state index >= 15 is 0 Å². The topological polar surface area (TPSA) is 150 Å². The minimum atomic E-state index is -1.05. The van der Waals surface area contributed by atoms with Crippen molar-refractivity contribution in [2.45, 2.75) is 31.9 Å². The Kier molecular flexibility index (Phi) is 5.62. The van der Waals surface area contributed by atoms with Gasteiger partial charge in [0.2, 0.25) is 17.5 Å². The minimum absolute atomic E-state index is 0.0124. The lowest BCUT2D eigenvalue weighted by Gasteiger charge is -2.15. The average Bonchev–Trinajstić information content (AvgIpc) is 2.43. The van der Waals surface area contributed by atoms with Crippen LogP contribution in [0.3, 0.4) is 0 Å². The number of allylic oxidation sites excluding steroid dienone is 2. The molecule has 0 heterocycles. The quantitative estimate of drug-likeness (QED) is 0.311. The monoisotopic (exact) mass is 298 g/mol. The predicted octanol–water partition coefficient (Wildman–Crippen LogP) is -1.00. The molecule has 8 nitrogen and oxygen atoms in total. The molecule has 0 spiro atoms. The Bertz CT molecular complexity index is 521. The largest absolute Gasteiger partial charge is 0.504 e. The van der Waals surface area contributed by atoms with E-state index in [0.717, 1.165) is 0 Å². The van der Waals surface area contributed by atoms with Gasteiger partial charge >= 0.3 is 0 Å². The number of hydrogen-bond donors (Lipinski definition) is 5. The summed E-state index contributed by atoms with van der Waals surface area (Å²) in [6, 6.07) is -1.05. The maximum atomic E-state index is 11.6. The zero-order chi connectivity index (χ0) is 16.2. The Balaban J connectivity index is 2.49. The van der Waals surface area contributed by atoms with Crippen LogP contribution in [-0.4, -0.2) is 51.5 Å². The molecule has 0 aromatic carbocycles. The molecule has 1 aliphatic carbocycles. The number of nitrogens with one attached hydrogen (secondary N) is 1. The van der Waals surface area contributed by atoms with Crippen LogP contribution < -0.4 is 11.1 Å². The summed E-state index contributed by atoms with van der Waals surface area (Å²) in [6.45, 7) is 1.52. The van der Waals surface area contributed by atoms with E-state index in [-0.39, 0.29) is 25.0 Å². The molecule has 0 bridgehead atoms. The average molecular weight is 298 g/mol. The molecule has 1 amide bonds. The number of aliphatic hydroxyl groups excluding tert-OH is 3. The Morgan fingerprint density at radius 1 is 1.38 bits per heavy atom. The SMILES string of the molecule is C[C@@H](O)[C@H](N)C(=O)NCCCC1=C(O)C(=O)C=C(O)C1=O. The molecule has 0 radical (unpaired) electrons. The molecule has 0 aromatic rings. The van der Waals surface area contributed by atoms with Crippen molar-refractivity contribution in [1.29, 1.82) is 0 Å². The first kappa shape index (κ1) is 16.9. The van der Waals surface area contributed by atoms with E-state index in [9.17, 15) is 24.6 Å². The Morgan fingerprint density at radius 3 is 2.57 bits per heavy atom. The molecule has 0 saturated heterocycles. The molecule has 0 fully saturated rings. The van der Waals surface area contributed by atoms with Gasteiger partial charge in [-0.05, 0) is 19.8 Å². The minimum Gasteiger partial charge on any atom is -0.504 e. The molecule has 0 saturated carbocycles. The third kappa shape index (κ3) is 4.14. The molecule has 0 aliphatic heterocycles. The number of hydrogen-bond acceptors (Lipinski definition) is 7. The normalized spacial score (nSPS) is 18.3. The Hall–Kier alpha value is -2.19. The van der Waals surface area contributed by atoms with Crippen molar-refractivity contribution in [2.24, 2.45) is 5.73 Å². The van der Waals surface area contributed by atoms with Gasteiger partial charge in [0.15, 0.2) is 11.5 Å². The van der Waals surface area contributed by atoms with Crippen LogP contribution in [-0.2, 0) is 14.4 Å². The Morgan fingerprint density at radius 2 is 2.00 bits per heavy atom. The van der Waals surface area contributed by atoms with Crippen molar-refractivity contribution in [2.75, 3.05) is 6.54 Å². The summed E-state index contributed by atoms with van der Waals surface area (Å²) in [5, 5.41) is 30.3. The highest BCUT2D eigenvalue weighted by Crippen LogP contribution is 2.20. The zero-order valence-electron chi connectivity index (χ0n) is 11.5. The van der Waals surface area contributed by atoms with Crippen molar-refractivity contribution >= 4 is 17.5 Å². The van der Waals surface area contributed by atoms with Gasteiger partial charge in [-0.25, -0.2) is 0 Å². The van der Waals surface area contributed by atoms with Gasteiger partial charge in [0.05, 0.1) is 6.10 Å². The maximum Gasteiger partial charge on any atom is 0.239 e. The maximum absolute atomic E-state index is 11.6. The molecule has 2 atom stereocenters. The summed E-state index contributed by atoms with van der Waals surface area (Å²) in [6.07, 6.45) is -0.0658. The van der Waals surface area contributed by atoms with Gasteiger partial charge in [0.1, 0.15) is 6.04 Å². The summed E-state index contributed by atoms with van der Waals surface area (Å²) >= 11 is 0. The number of ketones is 2.